The van der Waals surface area contributed by atoms with Crippen LogP contribution in [0.25, 0.3) is 0 Å². The van der Waals surface area contributed by atoms with Crippen molar-refractivity contribution in [3.8, 4) is 0 Å². The number of benzene rings is 2. The molecule has 2 heterocycles. The zero-order valence-corrected chi connectivity index (χ0v) is 24.8. The van der Waals surface area contributed by atoms with E-state index in [2.05, 4.69) is 52.3 Å². The van der Waals surface area contributed by atoms with Gasteiger partial charge in [-0.25, -0.2) is 4.79 Å². The molecular weight excluding hydrogens is 562 g/mol. The molecule has 0 radical (unpaired) electrons. The van der Waals surface area contributed by atoms with Gasteiger partial charge in [0.15, 0.2) is 0 Å². The molecule has 2 saturated heterocycles. The summed E-state index contributed by atoms with van der Waals surface area (Å²) in [7, 11) is 0. The van der Waals surface area contributed by atoms with Crippen molar-refractivity contribution < 1.29 is 9.53 Å². The van der Waals surface area contributed by atoms with E-state index in [-0.39, 0.29) is 10.2 Å². The van der Waals surface area contributed by atoms with Crippen LogP contribution in [-0.4, -0.2) is 41.2 Å². The number of aryl methyl sites for hydroxylation is 1. The Morgan fingerprint density at radius 3 is 2.37 bits per heavy atom. The number of carbonyl (C=O) groups is 1. The predicted octanol–water partition coefficient (Wildman–Crippen LogP) is 8.75. The summed E-state index contributed by atoms with van der Waals surface area (Å²) in [6, 6.07) is 15.5. The van der Waals surface area contributed by atoms with Crippen LogP contribution in [0.4, 0.5) is 4.79 Å². The molecule has 7 heteroatoms. The van der Waals surface area contributed by atoms with Crippen LogP contribution in [0.15, 0.2) is 46.9 Å². The molecule has 2 aliphatic rings. The number of ether oxygens (including phenoxy) is 1. The lowest BCUT2D eigenvalue weighted by Gasteiger charge is -2.38. The Bertz CT molecular complexity index is 1010. The van der Waals surface area contributed by atoms with Gasteiger partial charge < -0.3 is 9.64 Å². The summed E-state index contributed by atoms with van der Waals surface area (Å²) in [5, 5.41) is 0.822. The zero-order valence-electron chi connectivity index (χ0n) is 20.8. The number of thioether (sulfide) groups is 2. The molecule has 0 spiro atoms. The van der Waals surface area contributed by atoms with Gasteiger partial charge in [0.25, 0.3) is 0 Å². The van der Waals surface area contributed by atoms with Gasteiger partial charge in [0.1, 0.15) is 9.68 Å². The molecule has 2 aromatic carbocycles. The summed E-state index contributed by atoms with van der Waals surface area (Å²) in [5.74, 6) is 2.94. The third-order valence-electron chi connectivity index (χ3n) is 6.63. The van der Waals surface area contributed by atoms with E-state index in [1.807, 2.05) is 55.3 Å². The van der Waals surface area contributed by atoms with Crippen LogP contribution in [0.2, 0.25) is 5.02 Å². The van der Waals surface area contributed by atoms with Crippen molar-refractivity contribution in [1.82, 2.24) is 4.90 Å². The Balaban J connectivity index is 1.37. The largest absolute Gasteiger partial charge is 0.444 e. The molecule has 0 aromatic heterocycles. The van der Waals surface area contributed by atoms with E-state index in [0.29, 0.717) is 5.92 Å². The lowest BCUT2D eigenvalue weighted by Crippen LogP contribution is -2.41. The number of nitrogens with zero attached hydrogens (tertiary/aromatic N) is 1. The Hall–Kier alpha value is -0.820. The molecule has 2 aromatic rings. The normalized spacial score (nSPS) is 18.9. The van der Waals surface area contributed by atoms with E-state index < -0.39 is 5.60 Å². The Morgan fingerprint density at radius 1 is 1.11 bits per heavy atom. The van der Waals surface area contributed by atoms with Crippen molar-refractivity contribution in [3.63, 3.8) is 0 Å². The van der Waals surface area contributed by atoms with Gasteiger partial charge >= 0.3 is 6.09 Å². The first-order chi connectivity index (χ1) is 16.7. The van der Waals surface area contributed by atoms with Gasteiger partial charge in [0.2, 0.25) is 0 Å². The lowest BCUT2D eigenvalue weighted by molar-refractivity contribution is 0.0181. The maximum atomic E-state index is 12.3. The molecule has 2 fully saturated rings. The number of amides is 1. The van der Waals surface area contributed by atoms with E-state index >= 15 is 0 Å². The highest BCUT2D eigenvalue weighted by Crippen LogP contribution is 2.56. The van der Waals surface area contributed by atoms with E-state index in [1.54, 1.807) is 0 Å². The quantitative estimate of drug-likeness (QED) is 0.345. The molecule has 0 N–H and O–H groups in total. The van der Waals surface area contributed by atoms with E-state index in [9.17, 15) is 4.79 Å². The van der Waals surface area contributed by atoms with Gasteiger partial charge in [-0.05, 0) is 93.6 Å². The molecule has 190 valence electrons. The molecule has 35 heavy (non-hydrogen) atoms. The van der Waals surface area contributed by atoms with Gasteiger partial charge in [-0.15, -0.1) is 23.5 Å². The van der Waals surface area contributed by atoms with Crippen molar-refractivity contribution in [2.75, 3.05) is 24.6 Å². The maximum Gasteiger partial charge on any atom is 0.410 e. The number of rotatable bonds is 5. The minimum absolute atomic E-state index is 0.150. The van der Waals surface area contributed by atoms with Crippen LogP contribution in [0.3, 0.4) is 0 Å². The van der Waals surface area contributed by atoms with Crippen molar-refractivity contribution in [2.24, 2.45) is 5.92 Å². The fourth-order valence-electron chi connectivity index (χ4n) is 4.76. The van der Waals surface area contributed by atoms with Crippen molar-refractivity contribution in [3.05, 3.63) is 68.7 Å². The van der Waals surface area contributed by atoms with Crippen LogP contribution in [-0.2, 0) is 15.2 Å². The highest BCUT2D eigenvalue weighted by Gasteiger charge is 2.39. The fraction of sp³-hybridized carbons (Fsp3) is 0.536. The van der Waals surface area contributed by atoms with Crippen LogP contribution in [0.1, 0.15) is 63.1 Å². The van der Waals surface area contributed by atoms with Crippen molar-refractivity contribution in [1.29, 1.82) is 0 Å². The van der Waals surface area contributed by atoms with Gasteiger partial charge in [0, 0.05) is 28.1 Å². The summed E-state index contributed by atoms with van der Waals surface area (Å²) >= 11 is 14.3. The molecule has 4 rings (SSSR count). The number of halogens is 2. The SMILES string of the molecule is CC(C)(C)OC(=O)N1CCC(CCc2ccc(C3(c4ccc(Br)cc4Cl)SCCCS3)cc2)CC1. The fourth-order valence-corrected chi connectivity index (χ4v) is 9.13. The predicted molar refractivity (Wildman–Crippen MR) is 155 cm³/mol. The molecule has 0 aliphatic carbocycles. The summed E-state index contributed by atoms with van der Waals surface area (Å²) in [5.41, 5.74) is 3.47. The van der Waals surface area contributed by atoms with E-state index in [4.69, 9.17) is 16.3 Å². The topological polar surface area (TPSA) is 29.5 Å². The van der Waals surface area contributed by atoms with E-state index in [0.717, 1.165) is 59.8 Å². The van der Waals surface area contributed by atoms with Crippen LogP contribution in [0, 0.1) is 5.92 Å². The monoisotopic (exact) mass is 595 g/mol. The van der Waals surface area contributed by atoms with E-state index in [1.165, 1.54) is 23.1 Å². The van der Waals surface area contributed by atoms with Crippen LogP contribution in [0.5, 0.6) is 0 Å². The summed E-state index contributed by atoms with van der Waals surface area (Å²) < 4.78 is 6.39. The van der Waals surface area contributed by atoms with Crippen LogP contribution < -0.4 is 0 Å². The minimum Gasteiger partial charge on any atom is -0.444 e. The number of piperidine rings is 1. The van der Waals surface area contributed by atoms with Gasteiger partial charge in [-0.2, -0.15) is 0 Å². The summed E-state index contributed by atoms with van der Waals surface area (Å²) in [6.07, 6.45) is 5.39. The first-order valence-electron chi connectivity index (χ1n) is 12.5. The average molecular weight is 597 g/mol. The first-order valence-corrected chi connectivity index (χ1v) is 15.6. The third kappa shape index (κ3) is 6.94. The van der Waals surface area contributed by atoms with Gasteiger partial charge in [-0.1, -0.05) is 57.9 Å². The van der Waals surface area contributed by atoms with Crippen molar-refractivity contribution >= 4 is 57.1 Å². The molecule has 0 atom stereocenters. The Labute approximate surface area is 232 Å². The molecule has 3 nitrogen and oxygen atoms in total. The Kier molecular flexibility index (Phi) is 9.10. The van der Waals surface area contributed by atoms with Crippen LogP contribution >= 0.6 is 51.1 Å². The summed E-state index contributed by atoms with van der Waals surface area (Å²) in [6.45, 7) is 7.35. The zero-order chi connectivity index (χ0) is 25.1. The number of hydrogen-bond acceptors (Lipinski definition) is 4. The van der Waals surface area contributed by atoms with Gasteiger partial charge in [0.05, 0.1) is 0 Å². The highest BCUT2D eigenvalue weighted by atomic mass is 79.9. The molecule has 0 saturated carbocycles. The number of hydrogen-bond donors (Lipinski definition) is 0. The van der Waals surface area contributed by atoms with Gasteiger partial charge in [-0.3, -0.25) is 0 Å². The molecule has 2 aliphatic heterocycles. The second-order valence-electron chi connectivity index (χ2n) is 10.4. The van der Waals surface area contributed by atoms with Crippen molar-refractivity contribution in [2.45, 2.75) is 62.6 Å². The molecule has 0 bridgehead atoms. The molecule has 0 unspecified atom stereocenters. The average Bonchev–Trinajstić information content (AvgIpc) is 2.83. The molecular formula is C28H35BrClNO2S2. The summed E-state index contributed by atoms with van der Waals surface area (Å²) in [4.78, 5) is 14.2. The highest BCUT2D eigenvalue weighted by molar-refractivity contribution is 9.10. The number of likely N-dealkylation sites (tertiary alicyclic amines) is 1. The molecule has 1 amide bonds. The Morgan fingerprint density at radius 2 is 1.77 bits per heavy atom. The third-order valence-corrected chi connectivity index (χ3v) is 10.8. The first kappa shape index (κ1) is 27.2. The lowest BCUT2D eigenvalue weighted by atomic mass is 9.90. The standard InChI is InChI=1S/C28H35BrClNO2S2/c1-27(2,3)33-26(32)31-15-13-21(14-16-31)6-5-20-7-9-22(10-8-20)28(34-17-4-18-35-28)24-12-11-23(29)19-25(24)30/h7-12,19,21H,4-6,13-18H2,1-3H3. The smallest absolute Gasteiger partial charge is 0.410 e. The second kappa shape index (κ2) is 11.7. The second-order valence-corrected chi connectivity index (χ2v) is 14.6. The minimum atomic E-state index is -0.435. The maximum absolute atomic E-state index is 12.3. The number of carbonyl (C=O) groups excluding carboxylic acids is 1.